The molecule has 0 bridgehead atoms. The third-order valence-corrected chi connectivity index (χ3v) is 8.32. The number of methoxy groups -OCH3 is 1. The standard InChI is InChI=1S/C21H21O2Se.BF4/c1-22-16-17-23-20-14-8-9-15-21(20)24(18-10-4-2-5-11-18)19-12-6-3-7-13-19;2-1(3,4)5/h2-15H,16-17H2,1H3;/q+1;-1. The zero-order valence-electron chi connectivity index (χ0n) is 15.8. The molecule has 0 heterocycles. The molecule has 0 amide bonds. The summed E-state index contributed by atoms with van der Waals surface area (Å²) < 4.78 is 54.2. The van der Waals surface area contributed by atoms with Crippen molar-refractivity contribution in [2.45, 2.75) is 0 Å². The van der Waals surface area contributed by atoms with Crippen LogP contribution >= 0.6 is 0 Å². The minimum Gasteiger partial charge on any atom is -0.418 e. The van der Waals surface area contributed by atoms with E-state index >= 15 is 0 Å². The van der Waals surface area contributed by atoms with Gasteiger partial charge < -0.3 is 17.3 Å². The number of para-hydroxylation sites is 1. The Morgan fingerprint density at radius 2 is 1.14 bits per heavy atom. The first-order chi connectivity index (χ1) is 13.9. The maximum atomic E-state index is 9.75. The Balaban J connectivity index is 0.000000537. The van der Waals surface area contributed by atoms with Gasteiger partial charge >= 0.3 is 155 Å². The van der Waals surface area contributed by atoms with Crippen molar-refractivity contribution in [2.75, 3.05) is 20.3 Å². The van der Waals surface area contributed by atoms with E-state index < -0.39 is 21.2 Å². The van der Waals surface area contributed by atoms with Gasteiger partial charge in [0.2, 0.25) is 0 Å². The number of ether oxygens (including phenoxy) is 2. The van der Waals surface area contributed by atoms with E-state index in [1.807, 2.05) is 6.07 Å². The summed E-state index contributed by atoms with van der Waals surface area (Å²) in [6.45, 7) is 1.16. The summed E-state index contributed by atoms with van der Waals surface area (Å²) in [5, 5.41) is 0. The molecule has 0 aliphatic heterocycles. The monoisotopic (exact) mass is 472 g/mol. The first-order valence-electron chi connectivity index (χ1n) is 8.82. The van der Waals surface area contributed by atoms with E-state index in [1.54, 1.807) is 7.11 Å². The van der Waals surface area contributed by atoms with Crippen molar-refractivity contribution in [2.24, 2.45) is 0 Å². The van der Waals surface area contributed by atoms with Gasteiger partial charge in [0.15, 0.2) is 0 Å². The van der Waals surface area contributed by atoms with Crippen LogP contribution in [0, 0.1) is 0 Å². The molecule has 0 saturated carbocycles. The molecule has 29 heavy (non-hydrogen) atoms. The maximum Gasteiger partial charge on any atom is 0.673 e. The maximum absolute atomic E-state index is 9.75. The van der Waals surface area contributed by atoms with Crippen molar-refractivity contribution in [3.05, 3.63) is 84.9 Å². The summed E-state index contributed by atoms with van der Waals surface area (Å²) >= 11 is -1.39. The second kappa shape index (κ2) is 11.7. The van der Waals surface area contributed by atoms with Crippen LogP contribution in [0.3, 0.4) is 0 Å². The summed E-state index contributed by atoms with van der Waals surface area (Å²) in [6.07, 6.45) is 0. The molecule has 0 atom stereocenters. The van der Waals surface area contributed by atoms with E-state index in [0.29, 0.717) is 13.2 Å². The fraction of sp³-hybridized carbons (Fsp3) is 0.143. The van der Waals surface area contributed by atoms with Gasteiger partial charge in [-0.3, -0.25) is 0 Å². The molecule has 0 spiro atoms. The van der Waals surface area contributed by atoms with Crippen molar-refractivity contribution in [1.29, 1.82) is 0 Å². The molecule has 0 unspecified atom stereocenters. The van der Waals surface area contributed by atoms with Crippen molar-refractivity contribution in [3.8, 4) is 5.75 Å². The molecule has 0 aliphatic rings. The van der Waals surface area contributed by atoms with E-state index in [-0.39, 0.29) is 0 Å². The summed E-state index contributed by atoms with van der Waals surface area (Å²) in [5.41, 5.74) is 0. The zero-order chi connectivity index (χ0) is 21.1. The first kappa shape index (κ1) is 23.0. The zero-order valence-corrected chi connectivity index (χ0v) is 17.5. The molecule has 3 aromatic rings. The quantitative estimate of drug-likeness (QED) is 0.299. The Morgan fingerprint density at radius 1 is 0.690 bits per heavy atom. The molecule has 3 aromatic carbocycles. The fourth-order valence-corrected chi connectivity index (χ4v) is 7.05. The van der Waals surface area contributed by atoms with Crippen molar-refractivity contribution in [3.63, 3.8) is 0 Å². The summed E-state index contributed by atoms with van der Waals surface area (Å²) in [5.74, 6) is 0.965. The van der Waals surface area contributed by atoms with Gasteiger partial charge in [-0.1, -0.05) is 0 Å². The summed E-state index contributed by atoms with van der Waals surface area (Å²) in [6, 6.07) is 29.9. The van der Waals surface area contributed by atoms with Gasteiger partial charge in [0.1, 0.15) is 0 Å². The van der Waals surface area contributed by atoms with Crippen LogP contribution in [0.4, 0.5) is 17.3 Å². The molecule has 154 valence electrons. The van der Waals surface area contributed by atoms with Crippen LogP contribution in [0.15, 0.2) is 84.9 Å². The average Bonchev–Trinajstić information content (AvgIpc) is 2.70. The second-order valence-electron chi connectivity index (χ2n) is 5.72. The smallest absolute Gasteiger partial charge is 0.418 e. The Morgan fingerprint density at radius 3 is 1.62 bits per heavy atom. The van der Waals surface area contributed by atoms with E-state index in [1.165, 1.54) is 13.4 Å². The normalized spacial score (nSPS) is 11.0. The minimum absolute atomic E-state index is 0.565. The third kappa shape index (κ3) is 8.32. The number of benzene rings is 3. The molecule has 0 fully saturated rings. The predicted octanol–water partition coefficient (Wildman–Crippen LogP) is 3.53. The van der Waals surface area contributed by atoms with Gasteiger partial charge in [-0.2, -0.15) is 0 Å². The Kier molecular flexibility index (Phi) is 9.25. The first-order valence-corrected chi connectivity index (χ1v) is 11.4. The Hall–Kier alpha value is -2.28. The largest absolute Gasteiger partial charge is 0.673 e. The van der Waals surface area contributed by atoms with E-state index in [0.717, 1.165) is 5.75 Å². The van der Waals surface area contributed by atoms with Crippen LogP contribution in [0.2, 0.25) is 0 Å². The summed E-state index contributed by atoms with van der Waals surface area (Å²) in [7, 11) is -4.31. The summed E-state index contributed by atoms with van der Waals surface area (Å²) in [4.78, 5) is 0. The molecule has 0 saturated heterocycles. The van der Waals surface area contributed by atoms with Gasteiger partial charge in [0, 0.05) is 0 Å². The van der Waals surface area contributed by atoms with Gasteiger partial charge in [0.05, 0.1) is 0 Å². The van der Waals surface area contributed by atoms with E-state index in [2.05, 4.69) is 78.9 Å². The van der Waals surface area contributed by atoms with Crippen molar-refractivity contribution in [1.82, 2.24) is 0 Å². The van der Waals surface area contributed by atoms with Gasteiger partial charge in [-0.05, 0) is 0 Å². The van der Waals surface area contributed by atoms with Crippen LogP contribution in [0.1, 0.15) is 0 Å². The molecule has 0 N–H and O–H groups in total. The van der Waals surface area contributed by atoms with Gasteiger partial charge in [-0.25, -0.2) is 0 Å². The molecule has 0 radical (unpaired) electrons. The molecular weight excluding hydrogens is 450 g/mol. The predicted molar refractivity (Wildman–Crippen MR) is 112 cm³/mol. The van der Waals surface area contributed by atoms with Crippen LogP contribution in [0.5, 0.6) is 5.75 Å². The number of hydrogen-bond acceptors (Lipinski definition) is 2. The average molecular weight is 471 g/mol. The third-order valence-electron chi connectivity index (χ3n) is 3.57. The number of rotatable bonds is 7. The molecule has 0 aliphatic carbocycles. The van der Waals surface area contributed by atoms with Crippen LogP contribution in [0.25, 0.3) is 0 Å². The van der Waals surface area contributed by atoms with Gasteiger partial charge in [-0.15, -0.1) is 0 Å². The molecule has 8 heteroatoms. The molecular formula is C21H21BF4O2Se. The Labute approximate surface area is 172 Å². The fourth-order valence-electron chi connectivity index (χ4n) is 2.48. The van der Waals surface area contributed by atoms with E-state index in [9.17, 15) is 17.3 Å². The van der Waals surface area contributed by atoms with Gasteiger partial charge in [0.25, 0.3) is 0 Å². The van der Waals surface area contributed by atoms with Crippen LogP contribution in [-0.4, -0.2) is 41.5 Å². The number of hydrogen-bond donors (Lipinski definition) is 0. The Bertz CT molecular complexity index is 803. The SMILES string of the molecule is COCCOc1ccccc1[Se+](c1ccccc1)c1ccccc1.F[B-](F)(F)F. The molecule has 3 rings (SSSR count). The van der Waals surface area contributed by atoms with Crippen LogP contribution < -0.4 is 18.1 Å². The molecule has 2 nitrogen and oxygen atoms in total. The van der Waals surface area contributed by atoms with Crippen molar-refractivity contribution >= 4 is 34.5 Å². The second-order valence-corrected chi connectivity index (χ2v) is 9.90. The van der Waals surface area contributed by atoms with Crippen LogP contribution in [-0.2, 0) is 4.74 Å². The van der Waals surface area contributed by atoms with Crippen molar-refractivity contribution < 1.29 is 26.7 Å². The molecule has 0 aromatic heterocycles. The van der Waals surface area contributed by atoms with E-state index in [4.69, 9.17) is 9.47 Å². The topological polar surface area (TPSA) is 18.5 Å². The number of halogens is 4. The minimum atomic E-state index is -6.00.